The Labute approximate surface area is 110 Å². The highest BCUT2D eigenvalue weighted by atomic mass is 32.2. The van der Waals surface area contributed by atoms with Crippen LogP contribution in [0.1, 0.15) is 31.1 Å². The molecule has 1 aromatic heterocycles. The van der Waals surface area contributed by atoms with Crippen molar-refractivity contribution in [2.75, 3.05) is 5.75 Å². The van der Waals surface area contributed by atoms with Crippen molar-refractivity contribution in [2.24, 2.45) is 0 Å². The second-order valence-corrected chi connectivity index (χ2v) is 7.69. The van der Waals surface area contributed by atoms with E-state index >= 15 is 0 Å². The Hall–Kier alpha value is -0.800. The van der Waals surface area contributed by atoms with Gasteiger partial charge in [-0.3, -0.25) is 4.79 Å². The molecule has 0 fully saturated rings. The lowest BCUT2D eigenvalue weighted by Crippen LogP contribution is -2.13. The van der Waals surface area contributed by atoms with Crippen LogP contribution in [-0.4, -0.2) is 16.3 Å². The third-order valence-electron chi connectivity index (χ3n) is 2.42. The Bertz CT molecular complexity index is 534. The normalized spacial score (nSPS) is 11.9. The van der Waals surface area contributed by atoms with Crippen molar-refractivity contribution in [3.8, 4) is 0 Å². The highest BCUT2D eigenvalue weighted by Crippen LogP contribution is 2.28. The van der Waals surface area contributed by atoms with Crippen molar-refractivity contribution >= 4 is 39.0 Å². The summed E-state index contributed by atoms with van der Waals surface area (Å²) in [6, 6.07) is 8.02. The molecule has 1 nitrogen and oxygen atoms in total. The molecule has 2 aromatic rings. The molecule has 2 rings (SSSR count). The highest BCUT2D eigenvalue weighted by molar-refractivity contribution is 8.01. The van der Waals surface area contributed by atoms with E-state index in [1.165, 1.54) is 5.39 Å². The highest BCUT2D eigenvalue weighted by Gasteiger charge is 2.16. The van der Waals surface area contributed by atoms with Crippen LogP contribution in [0, 0.1) is 0 Å². The Kier molecular flexibility index (Phi) is 3.59. The molecule has 0 amide bonds. The lowest BCUT2D eigenvalue weighted by Gasteiger charge is -2.16. The molecule has 0 aliphatic heterocycles. The number of thiophene rings is 1. The molecule has 3 heteroatoms. The van der Waals surface area contributed by atoms with E-state index < -0.39 is 0 Å². The number of benzene rings is 1. The zero-order valence-electron chi connectivity index (χ0n) is 10.3. The quantitative estimate of drug-likeness (QED) is 0.753. The lowest BCUT2D eigenvalue weighted by atomic mass is 10.1. The van der Waals surface area contributed by atoms with Crippen molar-refractivity contribution in [1.82, 2.24) is 0 Å². The SMILES string of the molecule is CC(C)(C)SCC(=O)c1cccc2ccsc12. The van der Waals surface area contributed by atoms with E-state index in [-0.39, 0.29) is 10.5 Å². The van der Waals surface area contributed by atoms with Crippen LogP contribution in [0.4, 0.5) is 0 Å². The fraction of sp³-hybridized carbons (Fsp3) is 0.357. The van der Waals surface area contributed by atoms with Crippen molar-refractivity contribution < 1.29 is 4.79 Å². The maximum absolute atomic E-state index is 12.2. The van der Waals surface area contributed by atoms with Gasteiger partial charge >= 0.3 is 0 Å². The molecule has 17 heavy (non-hydrogen) atoms. The number of hydrogen-bond donors (Lipinski definition) is 0. The summed E-state index contributed by atoms with van der Waals surface area (Å²) in [6.45, 7) is 6.41. The zero-order chi connectivity index (χ0) is 12.5. The van der Waals surface area contributed by atoms with E-state index in [9.17, 15) is 4.79 Å². The van der Waals surface area contributed by atoms with Gasteiger partial charge in [-0.25, -0.2) is 0 Å². The molecule has 0 saturated carbocycles. The molecule has 0 aliphatic carbocycles. The Morgan fingerprint density at radius 3 is 2.76 bits per heavy atom. The van der Waals surface area contributed by atoms with Gasteiger partial charge in [0.05, 0.1) is 5.75 Å². The van der Waals surface area contributed by atoms with Crippen LogP contribution in [0.2, 0.25) is 0 Å². The minimum absolute atomic E-state index is 0.138. The molecule has 0 saturated heterocycles. The van der Waals surface area contributed by atoms with Crippen LogP contribution in [0.25, 0.3) is 10.1 Å². The number of Topliss-reactive ketones (excluding diaryl/α,β-unsaturated/α-hetero) is 1. The second-order valence-electron chi connectivity index (χ2n) is 4.97. The van der Waals surface area contributed by atoms with Gasteiger partial charge in [0.1, 0.15) is 0 Å². The summed E-state index contributed by atoms with van der Waals surface area (Å²) >= 11 is 3.35. The largest absolute Gasteiger partial charge is 0.293 e. The van der Waals surface area contributed by atoms with Crippen LogP contribution in [0.15, 0.2) is 29.6 Å². The zero-order valence-corrected chi connectivity index (χ0v) is 12.0. The van der Waals surface area contributed by atoms with Crippen LogP contribution < -0.4 is 0 Å². The first-order valence-corrected chi connectivity index (χ1v) is 7.47. The average Bonchev–Trinajstić information content (AvgIpc) is 2.72. The number of hydrogen-bond acceptors (Lipinski definition) is 3. The molecule has 0 unspecified atom stereocenters. The fourth-order valence-corrected chi connectivity index (χ4v) is 3.22. The summed E-state index contributed by atoms with van der Waals surface area (Å²) in [7, 11) is 0. The molecular formula is C14H16OS2. The average molecular weight is 264 g/mol. The maximum atomic E-state index is 12.2. The standard InChI is InChI=1S/C14H16OS2/c1-14(2,3)17-9-12(15)11-6-4-5-10-7-8-16-13(10)11/h4-8H,9H2,1-3H3. The van der Waals surface area contributed by atoms with Gasteiger partial charge < -0.3 is 0 Å². The predicted octanol–water partition coefficient (Wildman–Crippen LogP) is 4.62. The van der Waals surface area contributed by atoms with E-state index in [4.69, 9.17) is 0 Å². The number of fused-ring (bicyclic) bond motifs is 1. The molecule has 0 atom stereocenters. The van der Waals surface area contributed by atoms with Gasteiger partial charge in [0, 0.05) is 15.0 Å². The van der Waals surface area contributed by atoms with Gasteiger partial charge in [0.15, 0.2) is 5.78 Å². The van der Waals surface area contributed by atoms with Gasteiger partial charge in [-0.15, -0.1) is 23.1 Å². The first kappa shape index (κ1) is 12.7. The lowest BCUT2D eigenvalue weighted by molar-refractivity contribution is 0.102. The van der Waals surface area contributed by atoms with Gasteiger partial charge in [-0.1, -0.05) is 32.9 Å². The van der Waals surface area contributed by atoms with Crippen molar-refractivity contribution in [2.45, 2.75) is 25.5 Å². The molecular weight excluding hydrogens is 248 g/mol. The van der Waals surface area contributed by atoms with E-state index in [0.29, 0.717) is 5.75 Å². The molecule has 90 valence electrons. The summed E-state index contributed by atoms with van der Waals surface area (Å²) in [4.78, 5) is 12.2. The van der Waals surface area contributed by atoms with E-state index in [1.54, 1.807) is 23.1 Å². The minimum atomic E-state index is 0.138. The third kappa shape index (κ3) is 3.11. The molecule has 0 radical (unpaired) electrons. The summed E-state index contributed by atoms with van der Waals surface area (Å²) in [5.74, 6) is 0.790. The number of ketones is 1. The number of rotatable bonds is 3. The summed E-state index contributed by atoms with van der Waals surface area (Å²) in [5, 5.41) is 3.21. The molecule has 0 spiro atoms. The first-order chi connectivity index (χ1) is 7.97. The smallest absolute Gasteiger partial charge is 0.174 e. The van der Waals surface area contributed by atoms with E-state index in [0.717, 1.165) is 10.3 Å². The minimum Gasteiger partial charge on any atom is -0.293 e. The van der Waals surface area contributed by atoms with E-state index in [1.807, 2.05) is 17.5 Å². The van der Waals surface area contributed by atoms with Crippen molar-refractivity contribution in [3.05, 3.63) is 35.2 Å². The summed E-state index contributed by atoms with van der Waals surface area (Å²) < 4.78 is 1.26. The summed E-state index contributed by atoms with van der Waals surface area (Å²) in [5.41, 5.74) is 0.870. The van der Waals surface area contributed by atoms with Crippen LogP contribution in [0.5, 0.6) is 0 Å². The Balaban J connectivity index is 2.22. The summed E-state index contributed by atoms with van der Waals surface area (Å²) in [6.07, 6.45) is 0. The van der Waals surface area contributed by atoms with Crippen molar-refractivity contribution in [3.63, 3.8) is 0 Å². The molecule has 0 bridgehead atoms. The van der Waals surface area contributed by atoms with E-state index in [2.05, 4.69) is 32.9 Å². The molecule has 1 heterocycles. The van der Waals surface area contributed by atoms with Crippen LogP contribution in [0.3, 0.4) is 0 Å². The third-order valence-corrected chi connectivity index (χ3v) is 4.65. The van der Waals surface area contributed by atoms with Gasteiger partial charge in [-0.2, -0.15) is 0 Å². The van der Waals surface area contributed by atoms with Gasteiger partial charge in [0.2, 0.25) is 0 Å². The molecule has 0 aliphatic rings. The molecule has 1 aromatic carbocycles. The van der Waals surface area contributed by atoms with Crippen LogP contribution in [-0.2, 0) is 0 Å². The topological polar surface area (TPSA) is 17.1 Å². The number of carbonyl (C=O) groups is 1. The van der Waals surface area contributed by atoms with Crippen LogP contribution >= 0.6 is 23.1 Å². The Morgan fingerprint density at radius 1 is 1.29 bits per heavy atom. The van der Waals surface area contributed by atoms with Gasteiger partial charge in [0.25, 0.3) is 0 Å². The second kappa shape index (κ2) is 4.83. The number of carbonyl (C=O) groups excluding carboxylic acids is 1. The monoisotopic (exact) mass is 264 g/mol. The maximum Gasteiger partial charge on any atom is 0.174 e. The predicted molar refractivity (Wildman–Crippen MR) is 78.4 cm³/mol. The Morgan fingerprint density at radius 2 is 2.06 bits per heavy atom. The fourth-order valence-electron chi connectivity index (χ4n) is 1.57. The first-order valence-electron chi connectivity index (χ1n) is 5.61. The number of thioether (sulfide) groups is 1. The molecule has 0 N–H and O–H groups in total. The van der Waals surface area contributed by atoms with Gasteiger partial charge in [-0.05, 0) is 22.9 Å². The van der Waals surface area contributed by atoms with Crippen molar-refractivity contribution in [1.29, 1.82) is 0 Å².